The second-order valence-corrected chi connectivity index (χ2v) is 7.87. The Morgan fingerprint density at radius 3 is 2.32 bits per heavy atom. The van der Waals surface area contributed by atoms with Crippen LogP contribution in [0.1, 0.15) is 41.8 Å². The van der Waals surface area contributed by atoms with Crippen molar-refractivity contribution in [2.75, 3.05) is 5.32 Å². The van der Waals surface area contributed by atoms with Gasteiger partial charge in [-0.15, -0.1) is 0 Å². The van der Waals surface area contributed by atoms with Gasteiger partial charge in [0.1, 0.15) is 0 Å². The number of hydrogen-bond donors (Lipinski definition) is 2. The molecule has 0 saturated heterocycles. The van der Waals surface area contributed by atoms with Crippen LogP contribution in [0.15, 0.2) is 47.4 Å². The van der Waals surface area contributed by atoms with E-state index in [-0.39, 0.29) is 16.8 Å². The van der Waals surface area contributed by atoms with Crippen LogP contribution in [0.2, 0.25) is 0 Å². The molecule has 0 aliphatic carbocycles. The zero-order chi connectivity index (χ0) is 18.6. The molecule has 0 radical (unpaired) electrons. The molecule has 0 bridgehead atoms. The molecule has 0 heterocycles. The Kier molecular flexibility index (Phi) is 5.98. The molecule has 0 aliphatic rings. The average molecular weight is 360 g/mol. The van der Waals surface area contributed by atoms with E-state index >= 15 is 0 Å². The Balaban J connectivity index is 2.16. The highest BCUT2D eigenvalue weighted by Gasteiger charge is 2.17. The smallest absolute Gasteiger partial charge is 0.255 e. The second-order valence-electron chi connectivity index (χ2n) is 6.16. The number of carbonyl (C=O) groups excluding carboxylic acids is 1. The number of nitrogens with one attached hydrogen (secondary N) is 2. The highest BCUT2D eigenvalue weighted by atomic mass is 32.2. The number of carbonyl (C=O) groups is 1. The number of sulfonamides is 1. The molecular weight excluding hydrogens is 336 g/mol. The number of rotatable bonds is 6. The highest BCUT2D eigenvalue weighted by molar-refractivity contribution is 7.89. The van der Waals surface area contributed by atoms with Crippen molar-refractivity contribution < 1.29 is 13.2 Å². The van der Waals surface area contributed by atoms with Crippen LogP contribution < -0.4 is 10.0 Å². The van der Waals surface area contributed by atoms with Crippen LogP contribution in [0.4, 0.5) is 5.69 Å². The zero-order valence-corrected chi connectivity index (χ0v) is 15.8. The molecular formula is C19H24N2O3S. The summed E-state index contributed by atoms with van der Waals surface area (Å²) < 4.78 is 27.1. The van der Waals surface area contributed by atoms with E-state index in [9.17, 15) is 13.2 Å². The summed E-state index contributed by atoms with van der Waals surface area (Å²) >= 11 is 0. The van der Waals surface area contributed by atoms with E-state index in [1.54, 1.807) is 0 Å². The molecule has 0 saturated carbocycles. The lowest BCUT2D eigenvalue weighted by Crippen LogP contribution is -2.32. The quantitative estimate of drug-likeness (QED) is 0.826. The molecule has 0 fully saturated rings. The van der Waals surface area contributed by atoms with Crippen molar-refractivity contribution in [2.24, 2.45) is 0 Å². The van der Waals surface area contributed by atoms with Crippen molar-refractivity contribution in [1.82, 2.24) is 4.72 Å². The molecule has 1 unspecified atom stereocenters. The van der Waals surface area contributed by atoms with Gasteiger partial charge in [0.25, 0.3) is 5.91 Å². The van der Waals surface area contributed by atoms with Crippen LogP contribution in [0.3, 0.4) is 0 Å². The van der Waals surface area contributed by atoms with E-state index < -0.39 is 10.0 Å². The summed E-state index contributed by atoms with van der Waals surface area (Å²) in [4.78, 5) is 12.5. The largest absolute Gasteiger partial charge is 0.322 e. The molecule has 5 nitrogen and oxygen atoms in total. The summed E-state index contributed by atoms with van der Waals surface area (Å²) in [5.74, 6) is -0.271. The third kappa shape index (κ3) is 4.67. The third-order valence-electron chi connectivity index (χ3n) is 4.25. The summed E-state index contributed by atoms with van der Waals surface area (Å²) in [5, 5.41) is 2.86. The van der Waals surface area contributed by atoms with Gasteiger partial charge >= 0.3 is 0 Å². The summed E-state index contributed by atoms with van der Waals surface area (Å²) in [7, 11) is -3.57. The summed E-state index contributed by atoms with van der Waals surface area (Å²) in [6.45, 7) is 7.65. The van der Waals surface area contributed by atoms with E-state index in [1.165, 1.54) is 24.3 Å². The van der Waals surface area contributed by atoms with Gasteiger partial charge in [-0.3, -0.25) is 4.79 Å². The number of amides is 1. The van der Waals surface area contributed by atoms with Gasteiger partial charge in [0.15, 0.2) is 0 Å². The van der Waals surface area contributed by atoms with Crippen LogP contribution >= 0.6 is 0 Å². The van der Waals surface area contributed by atoms with E-state index in [0.29, 0.717) is 12.0 Å². The first-order valence-corrected chi connectivity index (χ1v) is 9.73. The monoisotopic (exact) mass is 360 g/mol. The van der Waals surface area contributed by atoms with Gasteiger partial charge in [0.05, 0.1) is 4.90 Å². The molecule has 0 spiro atoms. The molecule has 6 heteroatoms. The lowest BCUT2D eigenvalue weighted by Gasteiger charge is -2.13. The third-order valence-corrected chi connectivity index (χ3v) is 5.85. The summed E-state index contributed by atoms with van der Waals surface area (Å²) in [6.07, 6.45) is 0.704. The topological polar surface area (TPSA) is 75.3 Å². The molecule has 2 aromatic carbocycles. The fourth-order valence-corrected chi connectivity index (χ4v) is 3.61. The average Bonchev–Trinajstić information content (AvgIpc) is 2.58. The number of anilines is 1. The minimum Gasteiger partial charge on any atom is -0.322 e. The lowest BCUT2D eigenvalue weighted by molar-refractivity contribution is 0.102. The Labute approximate surface area is 149 Å². The normalized spacial score (nSPS) is 12.6. The fraction of sp³-hybridized carbons (Fsp3) is 0.316. The molecule has 2 aromatic rings. The standard InChI is InChI=1S/C19H24N2O3S/c1-5-14(3)21-25(23,24)17-11-9-16(10-12-17)19(22)20-18-8-6-7-13(2)15(18)4/h6-12,14,21H,5H2,1-4H3,(H,20,22). The van der Waals surface area contributed by atoms with Gasteiger partial charge in [0, 0.05) is 17.3 Å². The van der Waals surface area contributed by atoms with Gasteiger partial charge < -0.3 is 5.32 Å². The predicted octanol–water partition coefficient (Wildman–Crippen LogP) is 3.63. The van der Waals surface area contributed by atoms with Crippen LogP contribution in [-0.4, -0.2) is 20.4 Å². The van der Waals surface area contributed by atoms with Gasteiger partial charge in [-0.2, -0.15) is 0 Å². The summed E-state index contributed by atoms with van der Waals surface area (Å²) in [5.41, 5.74) is 3.26. The van der Waals surface area contributed by atoms with Crippen LogP contribution in [0, 0.1) is 13.8 Å². The first-order valence-electron chi connectivity index (χ1n) is 8.24. The Bertz CT molecular complexity index is 859. The fourth-order valence-electron chi connectivity index (χ4n) is 2.28. The van der Waals surface area contributed by atoms with Crippen molar-refractivity contribution >= 4 is 21.6 Å². The molecule has 134 valence electrons. The van der Waals surface area contributed by atoms with E-state index in [2.05, 4.69) is 10.0 Å². The minimum absolute atomic E-state index is 0.141. The van der Waals surface area contributed by atoms with Crippen molar-refractivity contribution in [1.29, 1.82) is 0 Å². The molecule has 2 rings (SSSR count). The molecule has 2 N–H and O–H groups in total. The van der Waals surface area contributed by atoms with E-state index in [0.717, 1.165) is 16.8 Å². The first-order chi connectivity index (χ1) is 11.7. The molecule has 25 heavy (non-hydrogen) atoms. The van der Waals surface area contributed by atoms with Crippen molar-refractivity contribution in [3.8, 4) is 0 Å². The zero-order valence-electron chi connectivity index (χ0n) is 15.0. The van der Waals surface area contributed by atoms with Gasteiger partial charge in [-0.05, 0) is 68.7 Å². The molecule has 1 atom stereocenters. The maximum Gasteiger partial charge on any atom is 0.255 e. The van der Waals surface area contributed by atoms with Gasteiger partial charge in [-0.1, -0.05) is 19.1 Å². The SMILES string of the molecule is CCC(C)NS(=O)(=O)c1ccc(C(=O)Nc2cccc(C)c2C)cc1. The first kappa shape index (κ1) is 19.1. The number of hydrogen-bond acceptors (Lipinski definition) is 3. The van der Waals surface area contributed by atoms with E-state index in [1.807, 2.05) is 45.9 Å². The number of aryl methyl sites for hydroxylation is 1. The van der Waals surface area contributed by atoms with Crippen molar-refractivity contribution in [3.63, 3.8) is 0 Å². The maximum absolute atomic E-state index is 12.4. The Hall–Kier alpha value is -2.18. The van der Waals surface area contributed by atoms with E-state index in [4.69, 9.17) is 0 Å². The van der Waals surface area contributed by atoms with Crippen LogP contribution in [0.25, 0.3) is 0 Å². The van der Waals surface area contributed by atoms with Gasteiger partial charge in [-0.25, -0.2) is 13.1 Å². The van der Waals surface area contributed by atoms with Crippen LogP contribution in [-0.2, 0) is 10.0 Å². The maximum atomic E-state index is 12.4. The second kappa shape index (κ2) is 7.80. The number of benzene rings is 2. The van der Waals surface area contributed by atoms with Gasteiger partial charge in [0.2, 0.25) is 10.0 Å². The van der Waals surface area contributed by atoms with Crippen molar-refractivity contribution in [3.05, 3.63) is 59.2 Å². The minimum atomic E-state index is -3.57. The Morgan fingerprint density at radius 1 is 1.08 bits per heavy atom. The molecule has 0 aromatic heterocycles. The molecule has 0 aliphatic heterocycles. The highest BCUT2D eigenvalue weighted by Crippen LogP contribution is 2.19. The predicted molar refractivity (Wildman–Crippen MR) is 100 cm³/mol. The Morgan fingerprint density at radius 2 is 1.72 bits per heavy atom. The van der Waals surface area contributed by atoms with Crippen molar-refractivity contribution in [2.45, 2.75) is 45.1 Å². The summed E-state index contributed by atoms with van der Waals surface area (Å²) in [6, 6.07) is 11.5. The molecule has 1 amide bonds. The van der Waals surface area contributed by atoms with Crippen LogP contribution in [0.5, 0.6) is 0 Å². The lowest BCUT2D eigenvalue weighted by atomic mass is 10.1.